The largest absolute Gasteiger partial charge is 0.465 e. The molecule has 0 aliphatic heterocycles. The van der Waals surface area contributed by atoms with E-state index in [1.54, 1.807) is 18.2 Å². The van der Waals surface area contributed by atoms with Gasteiger partial charge in [-0.05, 0) is 37.6 Å². The Morgan fingerprint density at radius 2 is 2.00 bits per heavy atom. The molecule has 0 heterocycles. The predicted octanol–water partition coefficient (Wildman–Crippen LogP) is 4.61. The summed E-state index contributed by atoms with van der Waals surface area (Å²) in [6.45, 7) is 4.10. The predicted molar refractivity (Wildman–Crippen MR) is 86.0 cm³/mol. The molecule has 0 radical (unpaired) electrons. The van der Waals surface area contributed by atoms with Crippen LogP contribution in [0.5, 0.6) is 0 Å². The summed E-state index contributed by atoms with van der Waals surface area (Å²) >= 11 is 5.96. The van der Waals surface area contributed by atoms with Crippen LogP contribution in [0.25, 0.3) is 0 Å². The van der Waals surface area contributed by atoms with Gasteiger partial charge in [-0.15, -0.1) is 0 Å². The SMILES string of the molecule is COC(=O)c1cc(Cl)ccc1NC(C)c1cccc(C)c1. The summed E-state index contributed by atoms with van der Waals surface area (Å²) in [7, 11) is 1.36. The van der Waals surface area contributed by atoms with Crippen molar-refractivity contribution >= 4 is 23.3 Å². The summed E-state index contributed by atoms with van der Waals surface area (Å²) in [5.41, 5.74) is 3.50. The molecule has 0 saturated heterocycles. The molecule has 0 fully saturated rings. The van der Waals surface area contributed by atoms with Crippen LogP contribution >= 0.6 is 11.6 Å². The van der Waals surface area contributed by atoms with Crippen molar-refractivity contribution in [2.24, 2.45) is 0 Å². The van der Waals surface area contributed by atoms with Crippen LogP contribution in [-0.2, 0) is 4.74 Å². The number of anilines is 1. The highest BCUT2D eigenvalue weighted by molar-refractivity contribution is 6.31. The summed E-state index contributed by atoms with van der Waals surface area (Å²) in [4.78, 5) is 11.8. The van der Waals surface area contributed by atoms with E-state index in [1.807, 2.05) is 13.0 Å². The molecule has 2 aromatic rings. The second kappa shape index (κ2) is 6.64. The minimum absolute atomic E-state index is 0.0643. The molecule has 21 heavy (non-hydrogen) atoms. The molecule has 2 rings (SSSR count). The van der Waals surface area contributed by atoms with Crippen molar-refractivity contribution in [1.82, 2.24) is 0 Å². The Kier molecular flexibility index (Phi) is 4.86. The monoisotopic (exact) mass is 303 g/mol. The highest BCUT2D eigenvalue weighted by Gasteiger charge is 2.15. The molecule has 1 unspecified atom stereocenters. The highest BCUT2D eigenvalue weighted by Crippen LogP contribution is 2.26. The zero-order valence-electron chi connectivity index (χ0n) is 12.3. The number of hydrogen-bond donors (Lipinski definition) is 1. The van der Waals surface area contributed by atoms with Crippen molar-refractivity contribution in [3.8, 4) is 0 Å². The average Bonchev–Trinajstić information content (AvgIpc) is 2.48. The van der Waals surface area contributed by atoms with Gasteiger partial charge in [0.05, 0.1) is 12.7 Å². The molecule has 1 atom stereocenters. The molecular formula is C17H18ClNO2. The Hall–Kier alpha value is -2.00. The number of hydrogen-bond acceptors (Lipinski definition) is 3. The van der Waals surface area contributed by atoms with Crippen molar-refractivity contribution in [3.05, 3.63) is 64.2 Å². The number of rotatable bonds is 4. The second-order valence-corrected chi connectivity index (χ2v) is 5.40. The fourth-order valence-electron chi connectivity index (χ4n) is 2.18. The van der Waals surface area contributed by atoms with E-state index in [2.05, 4.69) is 30.4 Å². The Bertz CT molecular complexity index is 655. The van der Waals surface area contributed by atoms with E-state index in [9.17, 15) is 4.79 Å². The number of ether oxygens (including phenoxy) is 1. The van der Waals surface area contributed by atoms with E-state index < -0.39 is 5.97 Å². The first kappa shape index (κ1) is 15.4. The number of carbonyl (C=O) groups is 1. The lowest BCUT2D eigenvalue weighted by Crippen LogP contribution is -2.12. The van der Waals surface area contributed by atoms with Crippen LogP contribution in [0.1, 0.15) is 34.5 Å². The molecule has 2 aromatic carbocycles. The average molecular weight is 304 g/mol. The van der Waals surface area contributed by atoms with Crippen LogP contribution in [0.2, 0.25) is 5.02 Å². The van der Waals surface area contributed by atoms with Gasteiger partial charge in [-0.25, -0.2) is 4.79 Å². The van der Waals surface area contributed by atoms with Crippen LogP contribution in [0.3, 0.4) is 0 Å². The standard InChI is InChI=1S/C17H18ClNO2/c1-11-5-4-6-13(9-11)12(2)19-16-8-7-14(18)10-15(16)17(20)21-3/h4-10,12,19H,1-3H3. The summed E-state index contributed by atoms with van der Waals surface area (Å²) in [5.74, 6) is -0.406. The first-order chi connectivity index (χ1) is 10.0. The lowest BCUT2D eigenvalue weighted by molar-refractivity contribution is 0.0602. The number of nitrogens with one attached hydrogen (secondary N) is 1. The molecule has 4 heteroatoms. The van der Waals surface area contributed by atoms with Crippen molar-refractivity contribution in [3.63, 3.8) is 0 Å². The van der Waals surface area contributed by atoms with E-state index in [0.717, 1.165) is 5.56 Å². The Balaban J connectivity index is 2.28. The number of esters is 1. The van der Waals surface area contributed by atoms with Crippen LogP contribution < -0.4 is 5.32 Å². The molecule has 3 nitrogen and oxygen atoms in total. The summed E-state index contributed by atoms with van der Waals surface area (Å²) in [6.07, 6.45) is 0. The summed E-state index contributed by atoms with van der Waals surface area (Å²) < 4.78 is 4.80. The minimum Gasteiger partial charge on any atom is -0.465 e. The van der Waals surface area contributed by atoms with Gasteiger partial charge >= 0.3 is 5.97 Å². The quantitative estimate of drug-likeness (QED) is 0.838. The molecular weight excluding hydrogens is 286 g/mol. The van der Waals surface area contributed by atoms with Gasteiger partial charge in [0.25, 0.3) is 0 Å². The maximum Gasteiger partial charge on any atom is 0.340 e. The van der Waals surface area contributed by atoms with Gasteiger partial charge in [-0.1, -0.05) is 41.4 Å². The second-order valence-electron chi connectivity index (χ2n) is 4.96. The zero-order chi connectivity index (χ0) is 15.4. The van der Waals surface area contributed by atoms with Crippen molar-refractivity contribution in [1.29, 1.82) is 0 Å². The topological polar surface area (TPSA) is 38.3 Å². The lowest BCUT2D eigenvalue weighted by Gasteiger charge is -2.18. The smallest absolute Gasteiger partial charge is 0.340 e. The molecule has 0 bridgehead atoms. The molecule has 0 aromatic heterocycles. The number of methoxy groups -OCH3 is 1. The fraction of sp³-hybridized carbons (Fsp3) is 0.235. The van der Waals surface area contributed by atoms with Crippen molar-refractivity contribution in [2.75, 3.05) is 12.4 Å². The van der Waals surface area contributed by atoms with Gasteiger partial charge in [0, 0.05) is 16.8 Å². The van der Waals surface area contributed by atoms with Gasteiger partial charge in [0.15, 0.2) is 0 Å². The first-order valence-electron chi connectivity index (χ1n) is 6.72. The van der Waals surface area contributed by atoms with Crippen LogP contribution in [0.4, 0.5) is 5.69 Å². The maximum atomic E-state index is 11.8. The van der Waals surface area contributed by atoms with E-state index in [-0.39, 0.29) is 6.04 Å². The summed E-state index contributed by atoms with van der Waals surface area (Å²) in [5, 5.41) is 3.84. The third-order valence-corrected chi connectivity index (χ3v) is 3.54. The lowest BCUT2D eigenvalue weighted by atomic mass is 10.0. The van der Waals surface area contributed by atoms with Crippen LogP contribution in [0.15, 0.2) is 42.5 Å². The number of benzene rings is 2. The molecule has 0 aliphatic carbocycles. The number of halogens is 1. The Morgan fingerprint density at radius 3 is 2.67 bits per heavy atom. The number of aryl methyl sites for hydroxylation is 1. The molecule has 0 spiro atoms. The molecule has 0 amide bonds. The first-order valence-corrected chi connectivity index (χ1v) is 7.10. The molecule has 110 valence electrons. The Labute approximate surface area is 129 Å². The minimum atomic E-state index is -0.406. The molecule has 0 aliphatic rings. The molecule has 0 saturated carbocycles. The van der Waals surface area contributed by atoms with E-state index >= 15 is 0 Å². The fourth-order valence-corrected chi connectivity index (χ4v) is 2.35. The van der Waals surface area contributed by atoms with Crippen LogP contribution in [0, 0.1) is 6.92 Å². The van der Waals surface area contributed by atoms with Gasteiger partial charge in [0.2, 0.25) is 0 Å². The van der Waals surface area contributed by atoms with E-state index in [4.69, 9.17) is 16.3 Å². The highest BCUT2D eigenvalue weighted by atomic mass is 35.5. The van der Waals surface area contributed by atoms with Gasteiger partial charge in [-0.3, -0.25) is 0 Å². The van der Waals surface area contributed by atoms with E-state index in [1.165, 1.54) is 12.7 Å². The maximum absolute atomic E-state index is 11.8. The number of carbonyl (C=O) groups excluding carboxylic acids is 1. The Morgan fingerprint density at radius 1 is 1.24 bits per heavy atom. The summed E-state index contributed by atoms with van der Waals surface area (Å²) in [6, 6.07) is 13.5. The normalized spacial score (nSPS) is 11.8. The zero-order valence-corrected chi connectivity index (χ0v) is 13.1. The molecule has 1 N–H and O–H groups in total. The van der Waals surface area contributed by atoms with Crippen molar-refractivity contribution < 1.29 is 9.53 Å². The van der Waals surface area contributed by atoms with Gasteiger partial charge in [-0.2, -0.15) is 0 Å². The van der Waals surface area contributed by atoms with Gasteiger partial charge < -0.3 is 10.1 Å². The third kappa shape index (κ3) is 3.76. The van der Waals surface area contributed by atoms with Crippen LogP contribution in [-0.4, -0.2) is 13.1 Å². The van der Waals surface area contributed by atoms with E-state index in [0.29, 0.717) is 16.3 Å². The van der Waals surface area contributed by atoms with Crippen molar-refractivity contribution in [2.45, 2.75) is 19.9 Å². The third-order valence-electron chi connectivity index (χ3n) is 3.30. The van der Waals surface area contributed by atoms with Gasteiger partial charge in [0.1, 0.15) is 0 Å².